The third-order valence-electron chi connectivity index (χ3n) is 3.86. The van der Waals surface area contributed by atoms with Crippen LogP contribution in [0.2, 0.25) is 0 Å². The van der Waals surface area contributed by atoms with Crippen LogP contribution in [-0.2, 0) is 13.6 Å². The van der Waals surface area contributed by atoms with E-state index in [0.29, 0.717) is 13.2 Å². The van der Waals surface area contributed by atoms with Gasteiger partial charge < -0.3 is 4.89 Å². The van der Waals surface area contributed by atoms with Gasteiger partial charge in [0.05, 0.1) is 13.2 Å². The van der Waals surface area contributed by atoms with Crippen molar-refractivity contribution in [2.45, 2.75) is 91.9 Å². The first-order valence-corrected chi connectivity index (χ1v) is 10.9. The molecular weight excluding hydrogens is 311 g/mol. The highest BCUT2D eigenvalue weighted by atomic mass is 31.2. The second kappa shape index (κ2) is 14.5. The molecule has 0 aliphatic rings. The van der Waals surface area contributed by atoms with E-state index in [9.17, 15) is 9.46 Å². The number of rotatable bonds is 16. The Hall–Kier alpha value is 0.110. The Morgan fingerprint density at radius 2 is 1.04 bits per heavy atom. The van der Waals surface area contributed by atoms with E-state index in [1.807, 2.05) is 0 Å². The van der Waals surface area contributed by atoms with Gasteiger partial charge in [-0.3, -0.25) is 9.05 Å². The molecular formula is C18H39O4P. The molecule has 0 amide bonds. The van der Waals surface area contributed by atoms with Crippen LogP contribution in [0, 0.1) is 11.8 Å². The molecule has 0 aromatic carbocycles. The molecule has 0 aliphatic heterocycles. The molecule has 0 atom stereocenters. The van der Waals surface area contributed by atoms with E-state index < -0.39 is 7.82 Å². The van der Waals surface area contributed by atoms with Gasteiger partial charge in [0.1, 0.15) is 0 Å². The lowest BCUT2D eigenvalue weighted by molar-refractivity contribution is 0.145. The first kappa shape index (κ1) is 23.1. The van der Waals surface area contributed by atoms with Gasteiger partial charge >= 0.3 is 7.82 Å². The monoisotopic (exact) mass is 350 g/mol. The summed E-state index contributed by atoms with van der Waals surface area (Å²) in [5, 5.41) is 0. The van der Waals surface area contributed by atoms with Crippen LogP contribution < -0.4 is 0 Å². The van der Waals surface area contributed by atoms with Crippen molar-refractivity contribution >= 4 is 7.82 Å². The molecule has 0 aromatic rings. The minimum absolute atomic E-state index is 0.309. The van der Waals surface area contributed by atoms with Crippen LogP contribution in [0.3, 0.4) is 0 Å². The predicted molar refractivity (Wildman–Crippen MR) is 97.6 cm³/mol. The normalized spacial score (nSPS) is 12.5. The van der Waals surface area contributed by atoms with Gasteiger partial charge in [0.2, 0.25) is 0 Å². The van der Waals surface area contributed by atoms with Crippen molar-refractivity contribution in [2.75, 3.05) is 13.2 Å². The molecule has 0 aromatic heterocycles. The van der Waals surface area contributed by atoms with Gasteiger partial charge in [0.15, 0.2) is 0 Å². The van der Waals surface area contributed by atoms with E-state index in [2.05, 4.69) is 27.7 Å². The van der Waals surface area contributed by atoms with Crippen LogP contribution in [0.4, 0.5) is 0 Å². The van der Waals surface area contributed by atoms with Gasteiger partial charge in [-0.25, -0.2) is 4.57 Å². The Morgan fingerprint density at radius 1 is 0.696 bits per heavy atom. The number of hydrogen-bond acceptors (Lipinski definition) is 3. The van der Waals surface area contributed by atoms with Crippen LogP contribution in [0.25, 0.3) is 0 Å². The standard InChI is InChI=1S/C18H39O4P/c1-17(2)13-9-5-7-11-15-21-23(19,20)22-16-12-8-6-10-14-18(3)4/h17-18H,5-16H2,1-4H3,(H,19,20). The topological polar surface area (TPSA) is 55.8 Å². The molecule has 0 fully saturated rings. The average molecular weight is 350 g/mol. The molecule has 5 heteroatoms. The van der Waals surface area contributed by atoms with Crippen molar-refractivity contribution in [1.82, 2.24) is 0 Å². The van der Waals surface area contributed by atoms with E-state index in [1.165, 1.54) is 25.7 Å². The van der Waals surface area contributed by atoms with Gasteiger partial charge in [0.25, 0.3) is 0 Å². The van der Waals surface area contributed by atoms with Crippen molar-refractivity contribution in [3.63, 3.8) is 0 Å². The zero-order valence-corrected chi connectivity index (χ0v) is 16.7. The number of phosphoric acid groups is 1. The molecule has 0 saturated carbocycles. The van der Waals surface area contributed by atoms with Gasteiger partial charge in [-0.1, -0.05) is 79.1 Å². The fraction of sp³-hybridized carbons (Fsp3) is 1.00. The summed E-state index contributed by atoms with van der Waals surface area (Å²) < 4.78 is 21.7. The molecule has 0 saturated heterocycles. The molecule has 0 heterocycles. The number of phosphoric ester groups is 1. The molecule has 0 unspecified atom stereocenters. The summed E-state index contributed by atoms with van der Waals surface area (Å²) in [5.74, 6) is 1.50. The third kappa shape index (κ3) is 18.3. The van der Waals surface area contributed by atoms with Crippen LogP contribution in [0.1, 0.15) is 91.9 Å². The first-order chi connectivity index (χ1) is 10.8. The molecule has 23 heavy (non-hydrogen) atoms. The highest BCUT2D eigenvalue weighted by Gasteiger charge is 2.19. The minimum atomic E-state index is -3.84. The summed E-state index contributed by atoms with van der Waals surface area (Å²) in [6.45, 7) is 9.53. The average Bonchev–Trinajstić information content (AvgIpc) is 2.44. The molecule has 140 valence electrons. The van der Waals surface area contributed by atoms with Crippen molar-refractivity contribution in [1.29, 1.82) is 0 Å². The molecule has 0 spiro atoms. The van der Waals surface area contributed by atoms with E-state index in [4.69, 9.17) is 9.05 Å². The van der Waals surface area contributed by atoms with Gasteiger partial charge in [0, 0.05) is 0 Å². The summed E-state index contributed by atoms with van der Waals surface area (Å²) >= 11 is 0. The van der Waals surface area contributed by atoms with E-state index >= 15 is 0 Å². The highest BCUT2D eigenvalue weighted by Crippen LogP contribution is 2.43. The zero-order chi connectivity index (χ0) is 17.6. The Bertz CT molecular complexity index is 279. The second-order valence-electron chi connectivity index (χ2n) is 7.33. The van der Waals surface area contributed by atoms with Crippen molar-refractivity contribution in [3.05, 3.63) is 0 Å². The SMILES string of the molecule is CC(C)CCCCCCOP(=O)(O)OCCCCCCC(C)C. The lowest BCUT2D eigenvalue weighted by Crippen LogP contribution is -1.99. The van der Waals surface area contributed by atoms with Crippen molar-refractivity contribution in [2.24, 2.45) is 11.8 Å². The van der Waals surface area contributed by atoms with Gasteiger partial charge in [-0.05, 0) is 24.7 Å². The fourth-order valence-electron chi connectivity index (χ4n) is 2.41. The largest absolute Gasteiger partial charge is 0.472 e. The maximum absolute atomic E-state index is 11.7. The number of hydrogen-bond donors (Lipinski definition) is 1. The van der Waals surface area contributed by atoms with Crippen LogP contribution in [0.15, 0.2) is 0 Å². The molecule has 1 N–H and O–H groups in total. The van der Waals surface area contributed by atoms with Gasteiger partial charge in [-0.15, -0.1) is 0 Å². The Balaban J connectivity index is 3.42. The maximum atomic E-state index is 11.7. The lowest BCUT2D eigenvalue weighted by atomic mass is 10.0. The Morgan fingerprint density at radius 3 is 1.39 bits per heavy atom. The van der Waals surface area contributed by atoms with Crippen LogP contribution in [-0.4, -0.2) is 18.1 Å². The quantitative estimate of drug-likeness (QED) is 0.261. The summed E-state index contributed by atoms with van der Waals surface area (Å²) in [4.78, 5) is 9.58. The lowest BCUT2D eigenvalue weighted by Gasteiger charge is -2.12. The van der Waals surface area contributed by atoms with Gasteiger partial charge in [-0.2, -0.15) is 0 Å². The summed E-state index contributed by atoms with van der Waals surface area (Å²) in [7, 11) is -3.84. The minimum Gasteiger partial charge on any atom is -0.302 e. The van der Waals surface area contributed by atoms with E-state index in [0.717, 1.165) is 50.4 Å². The number of unbranched alkanes of at least 4 members (excludes halogenated alkanes) is 6. The van der Waals surface area contributed by atoms with Crippen molar-refractivity contribution in [3.8, 4) is 0 Å². The van der Waals surface area contributed by atoms with Crippen LogP contribution >= 0.6 is 7.82 Å². The predicted octanol–water partition coefficient (Wildman–Crippen LogP) is 6.33. The fourth-order valence-corrected chi connectivity index (χ4v) is 3.21. The zero-order valence-electron chi connectivity index (χ0n) is 15.8. The molecule has 0 bridgehead atoms. The summed E-state index contributed by atoms with van der Waals surface area (Å²) in [6, 6.07) is 0. The first-order valence-electron chi connectivity index (χ1n) is 9.45. The highest BCUT2D eigenvalue weighted by molar-refractivity contribution is 7.47. The molecule has 0 rings (SSSR count). The summed E-state index contributed by atoms with van der Waals surface area (Å²) in [6.07, 6.45) is 11.0. The maximum Gasteiger partial charge on any atom is 0.472 e. The molecule has 0 aliphatic carbocycles. The van der Waals surface area contributed by atoms with Crippen LogP contribution in [0.5, 0.6) is 0 Å². The molecule has 0 radical (unpaired) electrons. The molecule has 4 nitrogen and oxygen atoms in total. The third-order valence-corrected chi connectivity index (χ3v) is 4.88. The smallest absolute Gasteiger partial charge is 0.302 e. The van der Waals surface area contributed by atoms with E-state index in [-0.39, 0.29) is 0 Å². The van der Waals surface area contributed by atoms with E-state index in [1.54, 1.807) is 0 Å². The second-order valence-corrected chi connectivity index (χ2v) is 8.78. The Labute approximate surface area is 144 Å². The van der Waals surface area contributed by atoms with Crippen molar-refractivity contribution < 1.29 is 18.5 Å². The Kier molecular flexibility index (Phi) is 14.5. The summed E-state index contributed by atoms with van der Waals surface area (Å²) in [5.41, 5.74) is 0.